The SMILES string of the molecule is Cc1ccc(Cl)c(OCC(=O)NNC(=O)c2cc(Cl)ccc2Cl)c1. The molecule has 0 bridgehead atoms. The van der Waals surface area contributed by atoms with E-state index in [1.165, 1.54) is 12.1 Å². The van der Waals surface area contributed by atoms with Gasteiger partial charge in [-0.3, -0.25) is 20.4 Å². The van der Waals surface area contributed by atoms with Gasteiger partial charge in [-0.1, -0.05) is 40.9 Å². The number of amides is 2. The number of hydrazine groups is 1. The van der Waals surface area contributed by atoms with Gasteiger partial charge in [0.2, 0.25) is 0 Å². The molecule has 0 heterocycles. The highest BCUT2D eigenvalue weighted by atomic mass is 35.5. The summed E-state index contributed by atoms with van der Waals surface area (Å²) in [7, 11) is 0. The Kier molecular flexibility index (Phi) is 6.31. The van der Waals surface area contributed by atoms with Crippen molar-refractivity contribution in [2.45, 2.75) is 6.92 Å². The van der Waals surface area contributed by atoms with Gasteiger partial charge >= 0.3 is 0 Å². The number of rotatable bonds is 4. The van der Waals surface area contributed by atoms with Crippen molar-refractivity contribution in [2.75, 3.05) is 6.61 Å². The molecule has 0 spiro atoms. The Balaban J connectivity index is 1.88. The van der Waals surface area contributed by atoms with Crippen molar-refractivity contribution < 1.29 is 14.3 Å². The van der Waals surface area contributed by atoms with Crippen LogP contribution >= 0.6 is 34.8 Å². The quantitative estimate of drug-likeness (QED) is 0.784. The van der Waals surface area contributed by atoms with E-state index in [1.807, 2.05) is 13.0 Å². The number of carbonyl (C=O) groups excluding carboxylic acids is 2. The van der Waals surface area contributed by atoms with E-state index < -0.39 is 11.8 Å². The number of ether oxygens (including phenoxy) is 1. The molecule has 0 aromatic heterocycles. The Morgan fingerprint density at radius 1 is 1.00 bits per heavy atom. The number of hydrogen-bond donors (Lipinski definition) is 2. The summed E-state index contributed by atoms with van der Waals surface area (Å²) in [6.45, 7) is 1.56. The molecule has 0 aliphatic rings. The standard InChI is InChI=1S/C16H13Cl3N2O3/c1-9-2-4-13(19)14(6-9)24-8-15(22)20-21-16(23)11-7-10(17)3-5-12(11)18/h2-7H,8H2,1H3,(H,20,22)(H,21,23). The lowest BCUT2D eigenvalue weighted by Crippen LogP contribution is -2.43. The fourth-order valence-corrected chi connectivity index (χ4v) is 2.31. The average molecular weight is 388 g/mol. The number of aryl methyl sites for hydroxylation is 1. The maximum Gasteiger partial charge on any atom is 0.276 e. The van der Waals surface area contributed by atoms with E-state index in [2.05, 4.69) is 10.9 Å². The Morgan fingerprint density at radius 3 is 2.46 bits per heavy atom. The second-order valence-corrected chi connectivity index (χ2v) is 6.10. The zero-order valence-electron chi connectivity index (χ0n) is 12.5. The lowest BCUT2D eigenvalue weighted by atomic mass is 10.2. The molecule has 0 unspecified atom stereocenters. The predicted molar refractivity (Wildman–Crippen MR) is 93.8 cm³/mol. The second-order valence-electron chi connectivity index (χ2n) is 4.85. The Hall–Kier alpha value is -1.95. The molecule has 2 aromatic carbocycles. The molecule has 0 aliphatic carbocycles. The topological polar surface area (TPSA) is 67.4 Å². The number of carbonyl (C=O) groups is 2. The molecule has 2 aromatic rings. The van der Waals surface area contributed by atoms with Gasteiger partial charge < -0.3 is 4.74 Å². The van der Waals surface area contributed by atoms with Crippen LogP contribution in [-0.4, -0.2) is 18.4 Å². The van der Waals surface area contributed by atoms with Gasteiger partial charge in [0, 0.05) is 5.02 Å². The van der Waals surface area contributed by atoms with Crippen LogP contribution in [0.15, 0.2) is 36.4 Å². The third kappa shape index (κ3) is 5.03. The van der Waals surface area contributed by atoms with Gasteiger partial charge in [0.1, 0.15) is 5.75 Å². The van der Waals surface area contributed by atoms with Crippen LogP contribution in [0.4, 0.5) is 0 Å². The Bertz CT molecular complexity index is 781. The summed E-state index contributed by atoms with van der Waals surface area (Å²) in [6.07, 6.45) is 0. The summed E-state index contributed by atoms with van der Waals surface area (Å²) in [4.78, 5) is 23.7. The third-order valence-electron chi connectivity index (χ3n) is 2.93. The van der Waals surface area contributed by atoms with Gasteiger partial charge in [-0.05, 0) is 42.8 Å². The van der Waals surface area contributed by atoms with Crippen molar-refractivity contribution in [3.63, 3.8) is 0 Å². The van der Waals surface area contributed by atoms with E-state index in [-0.39, 0.29) is 17.2 Å². The van der Waals surface area contributed by atoms with Crippen LogP contribution < -0.4 is 15.6 Å². The Labute approximate surface area is 153 Å². The van der Waals surface area contributed by atoms with Crippen molar-refractivity contribution in [3.8, 4) is 5.75 Å². The monoisotopic (exact) mass is 386 g/mol. The van der Waals surface area contributed by atoms with Gasteiger partial charge in [0.15, 0.2) is 6.61 Å². The first kappa shape index (κ1) is 18.4. The zero-order valence-corrected chi connectivity index (χ0v) is 14.8. The normalized spacial score (nSPS) is 10.2. The van der Waals surface area contributed by atoms with Crippen LogP contribution in [0.2, 0.25) is 15.1 Å². The smallest absolute Gasteiger partial charge is 0.276 e. The van der Waals surface area contributed by atoms with Crippen LogP contribution in [0.3, 0.4) is 0 Å². The molecule has 2 N–H and O–H groups in total. The second kappa shape index (κ2) is 8.24. The maximum atomic E-state index is 12.0. The van der Waals surface area contributed by atoms with E-state index in [0.29, 0.717) is 15.8 Å². The number of halogens is 3. The molecule has 0 saturated carbocycles. The molecular formula is C16H13Cl3N2O3. The van der Waals surface area contributed by atoms with Gasteiger partial charge in [-0.25, -0.2) is 0 Å². The van der Waals surface area contributed by atoms with Crippen LogP contribution in [0, 0.1) is 6.92 Å². The predicted octanol–water partition coefficient (Wildman–Crippen LogP) is 3.80. The highest BCUT2D eigenvalue weighted by molar-refractivity contribution is 6.35. The average Bonchev–Trinajstić information content (AvgIpc) is 2.55. The van der Waals surface area contributed by atoms with Crippen molar-refractivity contribution in [2.24, 2.45) is 0 Å². The molecule has 126 valence electrons. The highest BCUT2D eigenvalue weighted by Gasteiger charge is 2.12. The van der Waals surface area contributed by atoms with Gasteiger partial charge in [-0.2, -0.15) is 0 Å². The fourth-order valence-electron chi connectivity index (χ4n) is 1.77. The summed E-state index contributed by atoms with van der Waals surface area (Å²) in [5.41, 5.74) is 5.55. The molecule has 0 fully saturated rings. The first-order valence-electron chi connectivity index (χ1n) is 6.80. The first-order valence-corrected chi connectivity index (χ1v) is 7.93. The minimum atomic E-state index is -0.593. The summed E-state index contributed by atoms with van der Waals surface area (Å²) >= 11 is 17.7. The molecule has 0 radical (unpaired) electrons. The van der Waals surface area contributed by atoms with E-state index in [9.17, 15) is 9.59 Å². The number of benzene rings is 2. The van der Waals surface area contributed by atoms with E-state index >= 15 is 0 Å². The van der Waals surface area contributed by atoms with Gasteiger partial charge in [0.05, 0.1) is 15.6 Å². The summed E-state index contributed by atoms with van der Waals surface area (Å²) < 4.78 is 5.32. The Morgan fingerprint density at radius 2 is 1.71 bits per heavy atom. The fraction of sp³-hybridized carbons (Fsp3) is 0.125. The first-order chi connectivity index (χ1) is 11.4. The molecule has 8 heteroatoms. The zero-order chi connectivity index (χ0) is 17.7. The number of nitrogens with one attached hydrogen (secondary N) is 2. The lowest BCUT2D eigenvalue weighted by Gasteiger charge is -2.11. The van der Waals surface area contributed by atoms with E-state index in [1.54, 1.807) is 18.2 Å². The summed E-state index contributed by atoms with van der Waals surface area (Å²) in [5, 5.41) is 0.963. The summed E-state index contributed by atoms with van der Waals surface area (Å²) in [5.74, 6) is -0.764. The van der Waals surface area contributed by atoms with E-state index in [0.717, 1.165) is 5.56 Å². The van der Waals surface area contributed by atoms with Crippen LogP contribution in [0.25, 0.3) is 0 Å². The molecule has 5 nitrogen and oxygen atoms in total. The molecule has 0 atom stereocenters. The minimum Gasteiger partial charge on any atom is -0.482 e. The molecule has 24 heavy (non-hydrogen) atoms. The molecule has 0 aliphatic heterocycles. The molecule has 2 rings (SSSR count). The third-order valence-corrected chi connectivity index (χ3v) is 3.81. The number of hydrogen-bond acceptors (Lipinski definition) is 3. The van der Waals surface area contributed by atoms with Crippen LogP contribution in [-0.2, 0) is 4.79 Å². The minimum absolute atomic E-state index is 0.145. The van der Waals surface area contributed by atoms with Gasteiger partial charge in [-0.15, -0.1) is 0 Å². The van der Waals surface area contributed by atoms with Crippen LogP contribution in [0.5, 0.6) is 5.75 Å². The van der Waals surface area contributed by atoms with Crippen molar-refractivity contribution in [3.05, 3.63) is 62.6 Å². The maximum absolute atomic E-state index is 12.0. The lowest BCUT2D eigenvalue weighted by molar-refractivity contribution is -0.123. The highest BCUT2D eigenvalue weighted by Crippen LogP contribution is 2.25. The van der Waals surface area contributed by atoms with Crippen molar-refractivity contribution in [1.82, 2.24) is 10.9 Å². The van der Waals surface area contributed by atoms with Crippen molar-refractivity contribution >= 4 is 46.6 Å². The molecule has 2 amide bonds. The molecular weight excluding hydrogens is 375 g/mol. The van der Waals surface area contributed by atoms with E-state index in [4.69, 9.17) is 39.5 Å². The van der Waals surface area contributed by atoms with Crippen molar-refractivity contribution in [1.29, 1.82) is 0 Å². The van der Waals surface area contributed by atoms with Crippen LogP contribution in [0.1, 0.15) is 15.9 Å². The van der Waals surface area contributed by atoms with Gasteiger partial charge in [0.25, 0.3) is 11.8 Å². The molecule has 0 saturated heterocycles. The summed E-state index contributed by atoms with van der Waals surface area (Å²) in [6, 6.07) is 9.65. The largest absolute Gasteiger partial charge is 0.482 e.